The number of rotatable bonds is 2. The predicted molar refractivity (Wildman–Crippen MR) is 83.9 cm³/mol. The summed E-state index contributed by atoms with van der Waals surface area (Å²) in [6, 6.07) is 14.4. The van der Waals surface area contributed by atoms with Gasteiger partial charge in [0.2, 0.25) is 0 Å². The highest BCUT2D eigenvalue weighted by molar-refractivity contribution is 6.31. The van der Waals surface area contributed by atoms with E-state index in [2.05, 4.69) is 4.98 Å². The molecule has 21 heavy (non-hydrogen) atoms. The van der Waals surface area contributed by atoms with Crippen molar-refractivity contribution in [2.75, 3.05) is 0 Å². The first kappa shape index (κ1) is 13.6. The van der Waals surface area contributed by atoms with Crippen molar-refractivity contribution >= 4 is 28.5 Å². The Hall–Kier alpha value is -2.39. The minimum absolute atomic E-state index is 0.235. The van der Waals surface area contributed by atoms with Gasteiger partial charge in [-0.2, -0.15) is 0 Å². The van der Waals surface area contributed by atoms with Gasteiger partial charge in [-0.1, -0.05) is 23.7 Å². The van der Waals surface area contributed by atoms with Gasteiger partial charge in [-0.25, -0.2) is 4.79 Å². The molecule has 3 rings (SSSR count). The van der Waals surface area contributed by atoms with E-state index in [1.54, 1.807) is 12.1 Å². The van der Waals surface area contributed by atoms with Crippen LogP contribution in [-0.4, -0.2) is 16.1 Å². The summed E-state index contributed by atoms with van der Waals surface area (Å²) >= 11 is 6.01. The number of nitrogens with zero attached hydrogens (tertiary/aromatic N) is 1. The first-order valence-corrected chi connectivity index (χ1v) is 6.83. The molecule has 0 bridgehead atoms. The van der Waals surface area contributed by atoms with E-state index in [4.69, 9.17) is 11.6 Å². The molecule has 0 unspecified atom stereocenters. The van der Waals surface area contributed by atoms with Crippen molar-refractivity contribution in [1.29, 1.82) is 0 Å². The van der Waals surface area contributed by atoms with Crippen molar-refractivity contribution in [2.45, 2.75) is 6.92 Å². The van der Waals surface area contributed by atoms with Gasteiger partial charge in [-0.3, -0.25) is 4.98 Å². The van der Waals surface area contributed by atoms with Crippen LogP contribution in [-0.2, 0) is 0 Å². The number of hydrogen-bond donors (Lipinski definition) is 1. The number of aryl methyl sites for hydroxylation is 1. The highest BCUT2D eigenvalue weighted by atomic mass is 35.5. The molecule has 2 aromatic carbocycles. The molecule has 0 saturated heterocycles. The van der Waals surface area contributed by atoms with Gasteiger partial charge in [0.1, 0.15) is 0 Å². The fourth-order valence-corrected chi connectivity index (χ4v) is 2.51. The molecule has 0 aliphatic rings. The summed E-state index contributed by atoms with van der Waals surface area (Å²) in [6.07, 6.45) is 0. The number of carboxylic acid groups (broad SMARTS) is 1. The normalized spacial score (nSPS) is 10.8. The summed E-state index contributed by atoms with van der Waals surface area (Å²) in [5.74, 6) is -0.969. The summed E-state index contributed by atoms with van der Waals surface area (Å²) in [7, 11) is 0. The first-order valence-electron chi connectivity index (χ1n) is 6.45. The Morgan fingerprint density at radius 3 is 2.67 bits per heavy atom. The molecule has 0 fully saturated rings. The molecule has 104 valence electrons. The molecule has 0 aliphatic carbocycles. The minimum Gasteiger partial charge on any atom is -0.478 e. The Morgan fingerprint density at radius 2 is 1.90 bits per heavy atom. The lowest BCUT2D eigenvalue weighted by molar-refractivity contribution is 0.0698. The zero-order chi connectivity index (χ0) is 15.0. The molecule has 1 aromatic heterocycles. The Morgan fingerprint density at radius 1 is 1.10 bits per heavy atom. The number of halogens is 1. The van der Waals surface area contributed by atoms with Crippen molar-refractivity contribution in [3.8, 4) is 11.1 Å². The van der Waals surface area contributed by atoms with Crippen LogP contribution in [0.4, 0.5) is 0 Å². The number of pyridine rings is 1. The Bertz CT molecular complexity index is 859. The highest BCUT2D eigenvalue weighted by Gasteiger charge is 2.12. The maximum atomic E-state index is 11.4. The summed E-state index contributed by atoms with van der Waals surface area (Å²) in [4.78, 5) is 15.8. The number of aromatic carboxylic acids is 1. The molecule has 3 aromatic rings. The van der Waals surface area contributed by atoms with Crippen LogP contribution in [0.2, 0.25) is 5.02 Å². The van der Waals surface area contributed by atoms with Crippen molar-refractivity contribution in [3.05, 3.63) is 64.8 Å². The fourth-order valence-electron chi connectivity index (χ4n) is 2.34. The van der Waals surface area contributed by atoms with Crippen LogP contribution in [0.25, 0.3) is 22.0 Å². The lowest BCUT2D eigenvalue weighted by Gasteiger charge is -2.08. The molecule has 1 N–H and O–H groups in total. The van der Waals surface area contributed by atoms with Crippen LogP contribution < -0.4 is 0 Å². The second kappa shape index (κ2) is 5.19. The first-order chi connectivity index (χ1) is 10.0. The van der Waals surface area contributed by atoms with Gasteiger partial charge in [-0.15, -0.1) is 0 Å². The number of hydrogen-bond acceptors (Lipinski definition) is 2. The van der Waals surface area contributed by atoms with Gasteiger partial charge in [0.05, 0.1) is 11.1 Å². The van der Waals surface area contributed by atoms with E-state index in [0.717, 1.165) is 22.2 Å². The maximum Gasteiger partial charge on any atom is 0.336 e. The third-order valence-corrected chi connectivity index (χ3v) is 3.59. The third-order valence-electron chi connectivity index (χ3n) is 3.35. The van der Waals surface area contributed by atoms with Gasteiger partial charge in [0, 0.05) is 16.1 Å². The number of benzene rings is 2. The fraction of sp³-hybridized carbons (Fsp3) is 0.0588. The SMILES string of the molecule is Cc1ccc2cc(-c3cc(Cl)ccc3C(=O)O)ccc2n1. The smallest absolute Gasteiger partial charge is 0.336 e. The van der Waals surface area contributed by atoms with E-state index in [1.807, 2.05) is 37.3 Å². The van der Waals surface area contributed by atoms with E-state index < -0.39 is 5.97 Å². The summed E-state index contributed by atoms with van der Waals surface area (Å²) < 4.78 is 0. The minimum atomic E-state index is -0.969. The standard InChI is InChI=1S/C17H12ClNO2/c1-10-2-3-12-8-11(4-7-16(12)19-10)15-9-13(18)5-6-14(15)17(20)21/h2-9H,1H3,(H,20,21). The Labute approximate surface area is 126 Å². The molecule has 0 atom stereocenters. The van der Waals surface area contributed by atoms with Crippen LogP contribution >= 0.6 is 11.6 Å². The lowest BCUT2D eigenvalue weighted by atomic mass is 9.98. The molecule has 0 saturated carbocycles. The molecule has 0 aliphatic heterocycles. The summed E-state index contributed by atoms with van der Waals surface area (Å²) in [5.41, 5.74) is 3.49. The third kappa shape index (κ3) is 2.60. The van der Waals surface area contributed by atoms with E-state index >= 15 is 0 Å². The predicted octanol–water partition coefficient (Wildman–Crippen LogP) is 4.56. The van der Waals surface area contributed by atoms with Crippen LogP contribution in [0.15, 0.2) is 48.5 Å². The monoisotopic (exact) mass is 297 g/mol. The largest absolute Gasteiger partial charge is 0.478 e. The van der Waals surface area contributed by atoms with Gasteiger partial charge in [0.25, 0.3) is 0 Å². The van der Waals surface area contributed by atoms with Gasteiger partial charge in [0.15, 0.2) is 0 Å². The molecule has 3 nitrogen and oxygen atoms in total. The van der Waals surface area contributed by atoms with E-state index in [-0.39, 0.29) is 5.56 Å². The highest BCUT2D eigenvalue weighted by Crippen LogP contribution is 2.29. The zero-order valence-corrected chi connectivity index (χ0v) is 12.1. The van der Waals surface area contributed by atoms with Gasteiger partial charge < -0.3 is 5.11 Å². The Balaban J connectivity index is 2.23. The topological polar surface area (TPSA) is 50.2 Å². The molecular formula is C17H12ClNO2. The van der Waals surface area contributed by atoms with E-state index in [1.165, 1.54) is 6.07 Å². The van der Waals surface area contributed by atoms with Gasteiger partial charge >= 0.3 is 5.97 Å². The number of carboxylic acids is 1. The average Bonchev–Trinajstić information content (AvgIpc) is 2.46. The Kier molecular flexibility index (Phi) is 3.35. The lowest BCUT2D eigenvalue weighted by Crippen LogP contribution is -1.99. The summed E-state index contributed by atoms with van der Waals surface area (Å²) in [6.45, 7) is 1.94. The maximum absolute atomic E-state index is 11.4. The van der Waals surface area contributed by atoms with Crippen LogP contribution in [0.5, 0.6) is 0 Å². The second-order valence-electron chi connectivity index (χ2n) is 4.86. The van der Waals surface area contributed by atoms with Crippen molar-refractivity contribution < 1.29 is 9.90 Å². The number of fused-ring (bicyclic) bond motifs is 1. The molecule has 4 heteroatoms. The van der Waals surface area contributed by atoms with Crippen LogP contribution in [0.3, 0.4) is 0 Å². The quantitative estimate of drug-likeness (QED) is 0.754. The molecular weight excluding hydrogens is 286 g/mol. The summed E-state index contributed by atoms with van der Waals surface area (Å²) in [5, 5.41) is 10.8. The van der Waals surface area contributed by atoms with E-state index in [0.29, 0.717) is 10.6 Å². The van der Waals surface area contributed by atoms with Crippen LogP contribution in [0.1, 0.15) is 16.1 Å². The van der Waals surface area contributed by atoms with Crippen molar-refractivity contribution in [1.82, 2.24) is 4.98 Å². The van der Waals surface area contributed by atoms with Crippen molar-refractivity contribution in [2.24, 2.45) is 0 Å². The average molecular weight is 298 g/mol. The van der Waals surface area contributed by atoms with Crippen LogP contribution in [0, 0.1) is 6.92 Å². The molecule has 0 amide bonds. The second-order valence-corrected chi connectivity index (χ2v) is 5.29. The van der Waals surface area contributed by atoms with Crippen molar-refractivity contribution in [3.63, 3.8) is 0 Å². The zero-order valence-electron chi connectivity index (χ0n) is 11.3. The molecule has 0 radical (unpaired) electrons. The van der Waals surface area contributed by atoms with E-state index in [9.17, 15) is 9.90 Å². The van der Waals surface area contributed by atoms with Gasteiger partial charge in [-0.05, 0) is 54.4 Å². The molecule has 1 heterocycles. The molecule has 0 spiro atoms. The number of aromatic nitrogens is 1. The number of carbonyl (C=O) groups is 1.